The number of rotatable bonds is 12. The number of halogens is 1. The first-order valence-electron chi connectivity index (χ1n) is 13.2. The van der Waals surface area contributed by atoms with Gasteiger partial charge in [-0.05, 0) is 31.3 Å². The molecule has 3 nitrogen and oxygen atoms in total. The van der Waals surface area contributed by atoms with Crippen LogP contribution >= 0.6 is 24.0 Å². The van der Waals surface area contributed by atoms with E-state index in [2.05, 4.69) is 68.0 Å². The van der Waals surface area contributed by atoms with Crippen molar-refractivity contribution in [2.24, 2.45) is 17.8 Å². The van der Waals surface area contributed by atoms with Crippen molar-refractivity contribution in [2.75, 3.05) is 13.6 Å². The van der Waals surface area contributed by atoms with Crippen molar-refractivity contribution in [3.8, 4) is 0 Å². The SMILES string of the molecule is C.CC.CC.CCCC(C)CC(=O)O.CCCC(C)[B]C(C)CC(C)C.CNCC(C)C.I. The van der Waals surface area contributed by atoms with Crippen LogP contribution in [0.5, 0.6) is 0 Å². The van der Waals surface area contributed by atoms with E-state index in [0.717, 1.165) is 42.9 Å². The number of aliphatic carboxylic acids is 1. The van der Waals surface area contributed by atoms with Crippen LogP contribution in [0.25, 0.3) is 0 Å². The van der Waals surface area contributed by atoms with Crippen LogP contribution in [0.3, 0.4) is 0 Å². The molecule has 1 radical (unpaired) electrons. The second kappa shape index (κ2) is 42.4. The number of carbonyl (C=O) groups is 1. The van der Waals surface area contributed by atoms with Crippen molar-refractivity contribution in [1.29, 1.82) is 0 Å². The van der Waals surface area contributed by atoms with E-state index in [-0.39, 0.29) is 31.4 Å². The second-order valence-corrected chi connectivity index (χ2v) is 9.01. The Kier molecular flexibility index (Phi) is 64.4. The number of carboxylic acids is 1. The van der Waals surface area contributed by atoms with Gasteiger partial charge in [-0.1, -0.05) is 141 Å². The van der Waals surface area contributed by atoms with Crippen molar-refractivity contribution < 1.29 is 9.90 Å². The van der Waals surface area contributed by atoms with Crippen molar-refractivity contribution in [2.45, 2.75) is 148 Å². The third-order valence-electron chi connectivity index (χ3n) is 4.16. The van der Waals surface area contributed by atoms with E-state index in [9.17, 15) is 4.79 Å². The Labute approximate surface area is 230 Å². The fraction of sp³-hybridized carbons (Fsp3) is 0.964. The summed E-state index contributed by atoms with van der Waals surface area (Å²) in [6, 6.07) is 0. The minimum atomic E-state index is -0.684. The third kappa shape index (κ3) is 65.3. The molecule has 207 valence electrons. The normalized spacial score (nSPS) is 11.6. The summed E-state index contributed by atoms with van der Waals surface area (Å²) in [4.78, 5) is 10.1. The van der Waals surface area contributed by atoms with Crippen molar-refractivity contribution in [3.63, 3.8) is 0 Å². The summed E-state index contributed by atoms with van der Waals surface area (Å²) in [6.45, 7) is 29.1. The highest BCUT2D eigenvalue weighted by atomic mass is 127. The van der Waals surface area contributed by atoms with Crippen molar-refractivity contribution in [1.82, 2.24) is 5.32 Å². The molecular weight excluding hydrogens is 520 g/mol. The molecule has 3 atom stereocenters. The molecule has 0 fully saturated rings. The van der Waals surface area contributed by atoms with E-state index in [0.29, 0.717) is 12.3 Å². The molecule has 0 aromatic carbocycles. The maximum Gasteiger partial charge on any atom is 0.303 e. The van der Waals surface area contributed by atoms with E-state index in [4.69, 9.17) is 5.11 Å². The van der Waals surface area contributed by atoms with Gasteiger partial charge in [0.2, 0.25) is 0 Å². The molecular formula is C28H68BINO2. The van der Waals surface area contributed by atoms with Gasteiger partial charge < -0.3 is 10.4 Å². The fourth-order valence-corrected chi connectivity index (χ4v) is 3.24. The quantitative estimate of drug-likeness (QED) is 0.176. The fourth-order valence-electron chi connectivity index (χ4n) is 3.24. The van der Waals surface area contributed by atoms with Crippen LogP contribution in [0.15, 0.2) is 0 Å². The summed E-state index contributed by atoms with van der Waals surface area (Å²) in [5.41, 5.74) is 0. The van der Waals surface area contributed by atoms with E-state index in [1.807, 2.05) is 41.7 Å². The Morgan fingerprint density at radius 2 is 1.24 bits per heavy atom. The Morgan fingerprint density at radius 3 is 1.48 bits per heavy atom. The van der Waals surface area contributed by atoms with Crippen LogP contribution in [-0.4, -0.2) is 31.9 Å². The molecule has 0 saturated carbocycles. The molecule has 0 saturated heterocycles. The van der Waals surface area contributed by atoms with Gasteiger partial charge in [-0.15, -0.1) is 24.0 Å². The van der Waals surface area contributed by atoms with Crippen LogP contribution in [0.2, 0.25) is 11.6 Å². The van der Waals surface area contributed by atoms with E-state index in [1.165, 1.54) is 19.3 Å². The predicted octanol–water partition coefficient (Wildman–Crippen LogP) is 10.2. The Bertz CT molecular complexity index is 316. The molecule has 0 aliphatic heterocycles. The maximum absolute atomic E-state index is 10.1. The van der Waals surface area contributed by atoms with Gasteiger partial charge in [-0.3, -0.25) is 4.79 Å². The van der Waals surface area contributed by atoms with E-state index < -0.39 is 5.97 Å². The van der Waals surface area contributed by atoms with Gasteiger partial charge in [0, 0.05) is 6.42 Å². The monoisotopic (exact) mass is 588 g/mol. The average molecular weight is 589 g/mol. The first kappa shape index (κ1) is 50.2. The largest absolute Gasteiger partial charge is 0.481 e. The lowest BCUT2D eigenvalue weighted by atomic mass is 9.53. The van der Waals surface area contributed by atoms with Crippen LogP contribution in [0.4, 0.5) is 0 Å². The molecule has 0 amide bonds. The van der Waals surface area contributed by atoms with Gasteiger partial charge >= 0.3 is 5.97 Å². The number of hydrogen-bond acceptors (Lipinski definition) is 2. The maximum atomic E-state index is 10.1. The summed E-state index contributed by atoms with van der Waals surface area (Å²) >= 11 is 0. The topological polar surface area (TPSA) is 49.3 Å². The van der Waals surface area contributed by atoms with E-state index in [1.54, 1.807) is 0 Å². The number of hydrogen-bond donors (Lipinski definition) is 2. The zero-order valence-electron chi connectivity index (χ0n) is 24.7. The second-order valence-electron chi connectivity index (χ2n) is 9.01. The standard InChI is InChI=1S/C11H24B.C7H14O2.C5H13N.2C2H6.CH4.HI/c1-6-7-10(4)12-11(5)8-9(2)3;1-3-4-6(2)5-7(8)9;1-5(2)4-6-3;2*1-2;;/h9-11H,6-8H2,1-5H3;6H,3-5H2,1-2H3,(H,8,9);5-6H,4H2,1-3H3;2*1-2H3;1H4;1H. The third-order valence-corrected chi connectivity index (χ3v) is 4.16. The van der Waals surface area contributed by atoms with Crippen LogP contribution in [0, 0.1) is 17.8 Å². The lowest BCUT2D eigenvalue weighted by molar-refractivity contribution is -0.138. The summed E-state index contributed by atoms with van der Waals surface area (Å²) in [5.74, 6) is 2.89. The van der Waals surface area contributed by atoms with Gasteiger partial charge in [0.05, 0.1) is 0 Å². The molecule has 33 heavy (non-hydrogen) atoms. The van der Waals surface area contributed by atoms with Crippen LogP contribution in [-0.2, 0) is 4.79 Å². The molecule has 0 aliphatic carbocycles. The highest BCUT2D eigenvalue weighted by Crippen LogP contribution is 2.22. The Balaban J connectivity index is -0.0000000576. The van der Waals surface area contributed by atoms with Gasteiger partial charge in [-0.2, -0.15) is 0 Å². The molecule has 0 aliphatic rings. The lowest BCUT2D eigenvalue weighted by Crippen LogP contribution is -2.12. The molecule has 5 heteroatoms. The van der Waals surface area contributed by atoms with Gasteiger partial charge in [0.15, 0.2) is 0 Å². The van der Waals surface area contributed by atoms with Crippen LogP contribution in [0.1, 0.15) is 136 Å². The summed E-state index contributed by atoms with van der Waals surface area (Å²) in [6.07, 6.45) is 6.41. The minimum absolute atomic E-state index is 0. The van der Waals surface area contributed by atoms with E-state index >= 15 is 0 Å². The zero-order valence-corrected chi connectivity index (χ0v) is 27.0. The van der Waals surface area contributed by atoms with Crippen molar-refractivity contribution >= 4 is 37.2 Å². The average Bonchev–Trinajstić information content (AvgIpc) is 2.65. The summed E-state index contributed by atoms with van der Waals surface area (Å²) in [7, 11) is 4.49. The Hall–Kier alpha value is 0.225. The Morgan fingerprint density at radius 1 is 0.818 bits per heavy atom. The molecule has 3 unspecified atom stereocenters. The molecule has 0 aromatic heterocycles. The molecule has 2 N–H and O–H groups in total. The highest BCUT2D eigenvalue weighted by Gasteiger charge is 2.11. The molecule has 0 spiro atoms. The first-order valence-corrected chi connectivity index (χ1v) is 13.2. The molecule has 0 heterocycles. The minimum Gasteiger partial charge on any atom is -0.481 e. The molecule has 0 bridgehead atoms. The number of nitrogens with one attached hydrogen (secondary N) is 1. The van der Waals surface area contributed by atoms with Gasteiger partial charge in [0.25, 0.3) is 0 Å². The van der Waals surface area contributed by atoms with Gasteiger partial charge in [-0.25, -0.2) is 0 Å². The lowest BCUT2D eigenvalue weighted by Gasteiger charge is -2.16. The summed E-state index contributed by atoms with van der Waals surface area (Å²) in [5, 5.41) is 11.4. The van der Waals surface area contributed by atoms with Gasteiger partial charge in [0.1, 0.15) is 7.28 Å². The number of carboxylic acid groups (broad SMARTS) is 1. The summed E-state index contributed by atoms with van der Waals surface area (Å²) < 4.78 is 0. The van der Waals surface area contributed by atoms with Crippen molar-refractivity contribution in [3.05, 3.63) is 0 Å². The zero-order chi connectivity index (χ0) is 25.8. The molecule has 0 aromatic rings. The highest BCUT2D eigenvalue weighted by molar-refractivity contribution is 14.0. The predicted molar refractivity (Wildman–Crippen MR) is 169 cm³/mol. The molecule has 0 rings (SSSR count). The van der Waals surface area contributed by atoms with Crippen LogP contribution < -0.4 is 5.32 Å². The first-order chi connectivity index (χ1) is 14.5. The smallest absolute Gasteiger partial charge is 0.303 e.